The lowest BCUT2D eigenvalue weighted by atomic mass is 9.97. The zero-order valence-corrected chi connectivity index (χ0v) is 17.9. The Hall–Kier alpha value is -2.31. The van der Waals surface area contributed by atoms with Crippen LogP contribution in [0.5, 0.6) is 0 Å². The van der Waals surface area contributed by atoms with Crippen LogP contribution in [0.3, 0.4) is 0 Å². The van der Waals surface area contributed by atoms with Crippen LogP contribution in [0.1, 0.15) is 64.9 Å². The van der Waals surface area contributed by atoms with Crippen LogP contribution in [0.4, 0.5) is 10.5 Å². The van der Waals surface area contributed by atoms with E-state index in [4.69, 9.17) is 4.74 Å². The Bertz CT molecular complexity index is 672. The number of aryl methyl sites for hydroxylation is 1. The molecule has 0 aromatic carbocycles. The number of nitrogens with zero attached hydrogens (tertiary/aromatic N) is 2. The van der Waals surface area contributed by atoms with E-state index in [1.165, 1.54) is 5.56 Å². The molecule has 1 saturated heterocycles. The first kappa shape index (κ1) is 23.0. The van der Waals surface area contributed by atoms with Gasteiger partial charge in [0.25, 0.3) is 0 Å². The predicted octanol–water partition coefficient (Wildman–Crippen LogP) is 4.01. The first-order valence-corrected chi connectivity index (χ1v) is 10.6. The van der Waals surface area contributed by atoms with Gasteiger partial charge in [-0.25, -0.2) is 4.79 Å². The number of anilines is 1. The number of amides is 1. The van der Waals surface area contributed by atoms with Gasteiger partial charge in [-0.2, -0.15) is 0 Å². The quantitative estimate of drug-likeness (QED) is 0.603. The van der Waals surface area contributed by atoms with Gasteiger partial charge in [0.2, 0.25) is 0 Å². The van der Waals surface area contributed by atoms with E-state index >= 15 is 0 Å². The van der Waals surface area contributed by atoms with Crippen LogP contribution < -0.4 is 10.2 Å². The average molecular weight is 406 g/mol. The minimum absolute atomic E-state index is 0.290. The van der Waals surface area contributed by atoms with Crippen LogP contribution in [0.2, 0.25) is 0 Å². The molecule has 29 heavy (non-hydrogen) atoms. The van der Waals surface area contributed by atoms with E-state index in [9.17, 15) is 14.7 Å². The number of hydrogen-bond donors (Lipinski definition) is 2. The number of pyridine rings is 1. The average Bonchev–Trinajstić information content (AvgIpc) is 2.66. The van der Waals surface area contributed by atoms with Crippen molar-refractivity contribution < 1.29 is 19.4 Å². The van der Waals surface area contributed by atoms with Gasteiger partial charge in [-0.1, -0.05) is 12.8 Å². The highest BCUT2D eigenvalue weighted by atomic mass is 16.6. The van der Waals surface area contributed by atoms with Crippen molar-refractivity contribution in [2.75, 3.05) is 24.5 Å². The Balaban J connectivity index is 1.65. The number of carbonyl (C=O) groups excluding carboxylic acids is 1. The standard InChI is InChI=1S/C22H35N3O4/c1-22(2,3)29-21(28)24-11-7-5-4-6-9-17-13-19(15-23-14-17)25-12-8-10-18(16-25)20(26)27/h13-15,18H,4-12,16H2,1-3H3,(H,24,28)(H,26,27)/t18-/m0/s1. The number of aromatic nitrogens is 1. The largest absolute Gasteiger partial charge is 0.481 e. The second kappa shape index (κ2) is 11.0. The molecule has 162 valence electrons. The second-order valence-corrected chi connectivity index (χ2v) is 8.77. The van der Waals surface area contributed by atoms with Gasteiger partial charge < -0.3 is 20.1 Å². The fourth-order valence-corrected chi connectivity index (χ4v) is 3.51. The Morgan fingerprint density at radius 3 is 2.72 bits per heavy atom. The van der Waals surface area contributed by atoms with Gasteiger partial charge in [0.1, 0.15) is 5.60 Å². The molecular weight excluding hydrogens is 370 g/mol. The number of nitrogens with one attached hydrogen (secondary N) is 1. The fourth-order valence-electron chi connectivity index (χ4n) is 3.51. The molecule has 1 fully saturated rings. The van der Waals surface area contributed by atoms with Gasteiger partial charge >= 0.3 is 12.1 Å². The topological polar surface area (TPSA) is 91.8 Å². The van der Waals surface area contributed by atoms with E-state index in [1.54, 1.807) is 0 Å². The zero-order chi connectivity index (χ0) is 21.3. The zero-order valence-electron chi connectivity index (χ0n) is 17.9. The molecule has 1 aromatic rings. The maximum Gasteiger partial charge on any atom is 0.407 e. The maximum atomic E-state index is 11.6. The van der Waals surface area contributed by atoms with E-state index in [2.05, 4.69) is 21.3 Å². The van der Waals surface area contributed by atoms with E-state index < -0.39 is 11.6 Å². The van der Waals surface area contributed by atoms with Crippen LogP contribution >= 0.6 is 0 Å². The highest BCUT2D eigenvalue weighted by molar-refractivity contribution is 5.71. The summed E-state index contributed by atoms with van der Waals surface area (Å²) in [5, 5.41) is 12.1. The molecule has 1 aliphatic rings. The van der Waals surface area contributed by atoms with E-state index in [0.717, 1.165) is 57.2 Å². The minimum atomic E-state index is -0.708. The van der Waals surface area contributed by atoms with Crippen LogP contribution in [-0.2, 0) is 16.0 Å². The van der Waals surface area contributed by atoms with Crippen molar-refractivity contribution in [2.45, 2.75) is 71.3 Å². The summed E-state index contributed by atoms with van der Waals surface area (Å²) >= 11 is 0. The molecule has 0 saturated carbocycles. The summed E-state index contributed by atoms with van der Waals surface area (Å²) in [4.78, 5) is 29.3. The first-order valence-electron chi connectivity index (χ1n) is 10.6. The number of unbranched alkanes of at least 4 members (excludes halogenated alkanes) is 3. The van der Waals surface area contributed by atoms with Crippen molar-refractivity contribution in [3.63, 3.8) is 0 Å². The van der Waals surface area contributed by atoms with Crippen LogP contribution in [0.25, 0.3) is 0 Å². The molecule has 0 bridgehead atoms. The van der Waals surface area contributed by atoms with Gasteiger partial charge in [-0.05, 0) is 64.5 Å². The number of hydrogen-bond acceptors (Lipinski definition) is 5. The van der Waals surface area contributed by atoms with Crippen LogP contribution in [0, 0.1) is 5.92 Å². The molecule has 0 aliphatic carbocycles. The predicted molar refractivity (Wildman–Crippen MR) is 113 cm³/mol. The van der Waals surface area contributed by atoms with Gasteiger partial charge in [-0.3, -0.25) is 9.78 Å². The van der Waals surface area contributed by atoms with Crippen molar-refractivity contribution in [3.05, 3.63) is 24.0 Å². The molecule has 1 amide bonds. The van der Waals surface area contributed by atoms with Crippen LogP contribution in [0.15, 0.2) is 18.5 Å². The summed E-state index contributed by atoms with van der Waals surface area (Å²) in [6.07, 6.45) is 10.1. The Morgan fingerprint density at radius 1 is 1.24 bits per heavy atom. The van der Waals surface area contributed by atoms with Gasteiger partial charge in [-0.15, -0.1) is 0 Å². The van der Waals surface area contributed by atoms with Crippen molar-refractivity contribution in [3.8, 4) is 0 Å². The van der Waals surface area contributed by atoms with Crippen molar-refractivity contribution in [1.29, 1.82) is 0 Å². The van der Waals surface area contributed by atoms with Crippen molar-refractivity contribution in [1.82, 2.24) is 10.3 Å². The highest BCUT2D eigenvalue weighted by Gasteiger charge is 2.25. The van der Waals surface area contributed by atoms with Gasteiger partial charge in [0.15, 0.2) is 0 Å². The monoisotopic (exact) mass is 405 g/mol. The Kier molecular flexibility index (Phi) is 8.73. The fraction of sp³-hybridized carbons (Fsp3) is 0.682. The molecule has 1 atom stereocenters. The van der Waals surface area contributed by atoms with Gasteiger partial charge in [0.05, 0.1) is 17.8 Å². The third-order valence-electron chi connectivity index (χ3n) is 4.98. The summed E-state index contributed by atoms with van der Waals surface area (Å²) in [5.41, 5.74) is 1.75. The van der Waals surface area contributed by atoms with Crippen molar-refractivity contribution >= 4 is 17.7 Å². The molecule has 0 spiro atoms. The number of rotatable bonds is 9. The highest BCUT2D eigenvalue weighted by Crippen LogP contribution is 2.24. The normalized spacial score (nSPS) is 17.1. The summed E-state index contributed by atoms with van der Waals surface area (Å²) in [7, 11) is 0. The number of carbonyl (C=O) groups is 2. The van der Waals surface area contributed by atoms with Crippen LogP contribution in [-0.4, -0.2) is 47.4 Å². The van der Waals surface area contributed by atoms with Gasteiger partial charge in [0, 0.05) is 25.8 Å². The molecule has 2 N–H and O–H groups in total. The lowest BCUT2D eigenvalue weighted by Crippen LogP contribution is -2.38. The number of aliphatic carboxylic acids is 1. The van der Waals surface area contributed by atoms with E-state index in [0.29, 0.717) is 13.1 Å². The van der Waals surface area contributed by atoms with E-state index in [-0.39, 0.29) is 12.0 Å². The minimum Gasteiger partial charge on any atom is -0.481 e. The number of carboxylic acid groups (broad SMARTS) is 1. The molecule has 0 radical (unpaired) electrons. The third kappa shape index (κ3) is 8.71. The molecule has 7 heteroatoms. The SMILES string of the molecule is CC(C)(C)OC(=O)NCCCCCCc1cncc(N2CCC[C@H](C(=O)O)C2)c1. The number of piperidine rings is 1. The summed E-state index contributed by atoms with van der Waals surface area (Å²) in [6.45, 7) is 7.64. The smallest absolute Gasteiger partial charge is 0.407 e. The molecule has 1 aliphatic heterocycles. The molecule has 0 unspecified atom stereocenters. The second-order valence-electron chi connectivity index (χ2n) is 8.77. The van der Waals surface area contributed by atoms with Crippen molar-refractivity contribution in [2.24, 2.45) is 5.92 Å². The first-order chi connectivity index (χ1) is 13.7. The Morgan fingerprint density at radius 2 is 2.00 bits per heavy atom. The lowest BCUT2D eigenvalue weighted by Gasteiger charge is -2.32. The summed E-state index contributed by atoms with van der Waals surface area (Å²) in [5.74, 6) is -0.998. The molecular formula is C22H35N3O4. The third-order valence-corrected chi connectivity index (χ3v) is 4.98. The summed E-state index contributed by atoms with van der Waals surface area (Å²) < 4.78 is 5.21. The molecule has 2 rings (SSSR count). The maximum absolute atomic E-state index is 11.6. The number of ether oxygens (including phenoxy) is 1. The molecule has 7 nitrogen and oxygen atoms in total. The summed E-state index contributed by atoms with van der Waals surface area (Å²) in [6, 6.07) is 2.14. The molecule has 2 heterocycles. The Labute approximate surface area is 173 Å². The molecule has 1 aromatic heterocycles. The number of carboxylic acids is 1. The number of alkyl carbamates (subject to hydrolysis) is 1. The van der Waals surface area contributed by atoms with E-state index in [1.807, 2.05) is 33.2 Å². The lowest BCUT2D eigenvalue weighted by molar-refractivity contribution is -0.141.